The third-order valence-corrected chi connectivity index (χ3v) is 4.77. The fourth-order valence-electron chi connectivity index (χ4n) is 2.61. The first kappa shape index (κ1) is 12.7. The van der Waals surface area contributed by atoms with E-state index in [0.29, 0.717) is 12.5 Å². The van der Waals surface area contributed by atoms with Crippen LogP contribution in [-0.2, 0) is 6.54 Å². The topological polar surface area (TPSA) is 47.6 Å². The Balaban J connectivity index is 1.48. The van der Waals surface area contributed by atoms with Crippen molar-refractivity contribution in [2.24, 2.45) is 0 Å². The molecule has 5 heteroatoms. The summed E-state index contributed by atoms with van der Waals surface area (Å²) in [5.41, 5.74) is 2.15. The molecule has 1 N–H and O–H groups in total. The van der Waals surface area contributed by atoms with Crippen LogP contribution in [0.25, 0.3) is 0 Å². The van der Waals surface area contributed by atoms with Gasteiger partial charge in [-0.25, -0.2) is 0 Å². The number of para-hydroxylation sites is 1. The first-order valence-corrected chi connectivity index (χ1v) is 7.94. The fourth-order valence-corrected chi connectivity index (χ4v) is 3.51. The number of thiophene rings is 1. The predicted molar refractivity (Wildman–Crippen MR) is 80.0 cm³/mol. The Morgan fingerprint density at radius 1 is 1.29 bits per heavy atom. The number of hydrogen-bond acceptors (Lipinski definition) is 4. The van der Waals surface area contributed by atoms with E-state index in [1.54, 1.807) is 0 Å². The molecule has 4 nitrogen and oxygen atoms in total. The smallest absolute Gasteiger partial charge is 0.261 e. The van der Waals surface area contributed by atoms with Gasteiger partial charge in [0.25, 0.3) is 5.91 Å². The lowest BCUT2D eigenvalue weighted by molar-refractivity contribution is 0.0954. The number of amides is 1. The number of rotatable bonds is 4. The summed E-state index contributed by atoms with van der Waals surface area (Å²) in [7, 11) is 0. The Labute approximate surface area is 126 Å². The molecule has 2 aliphatic rings. The minimum Gasteiger partial charge on any atom is -0.454 e. The van der Waals surface area contributed by atoms with Crippen LogP contribution in [0.15, 0.2) is 29.6 Å². The van der Waals surface area contributed by atoms with Crippen LogP contribution in [0.2, 0.25) is 0 Å². The molecule has 1 aliphatic carbocycles. The van der Waals surface area contributed by atoms with Crippen molar-refractivity contribution < 1.29 is 14.3 Å². The van der Waals surface area contributed by atoms with Crippen LogP contribution in [0.1, 0.15) is 39.6 Å². The van der Waals surface area contributed by atoms with Crippen LogP contribution in [-0.4, -0.2) is 12.7 Å². The largest absolute Gasteiger partial charge is 0.454 e. The summed E-state index contributed by atoms with van der Waals surface area (Å²) in [5.74, 6) is 2.08. The Morgan fingerprint density at radius 3 is 3.05 bits per heavy atom. The van der Waals surface area contributed by atoms with E-state index in [1.807, 2.05) is 23.6 Å². The standard InChI is InChI=1S/C16H15NO3S/c18-16(15-12(6-7-21-15)10-4-5-10)17-8-11-2-1-3-13-14(11)20-9-19-13/h1-3,6-7,10H,4-5,8-9H2,(H,17,18). The first-order chi connectivity index (χ1) is 10.3. The minimum atomic E-state index is 0.00317. The second kappa shape index (κ2) is 5.07. The van der Waals surface area contributed by atoms with Gasteiger partial charge in [-0.05, 0) is 41.8 Å². The molecule has 108 valence electrons. The lowest BCUT2D eigenvalue weighted by Crippen LogP contribution is -2.22. The molecule has 1 amide bonds. The van der Waals surface area contributed by atoms with E-state index in [9.17, 15) is 4.79 Å². The van der Waals surface area contributed by atoms with E-state index in [2.05, 4.69) is 11.4 Å². The van der Waals surface area contributed by atoms with Gasteiger partial charge in [-0.2, -0.15) is 0 Å². The lowest BCUT2D eigenvalue weighted by atomic mass is 10.1. The number of carbonyl (C=O) groups is 1. The summed E-state index contributed by atoms with van der Waals surface area (Å²) in [4.78, 5) is 13.2. The van der Waals surface area contributed by atoms with Gasteiger partial charge in [0.2, 0.25) is 6.79 Å². The maximum absolute atomic E-state index is 12.4. The van der Waals surface area contributed by atoms with Gasteiger partial charge in [0.15, 0.2) is 11.5 Å². The van der Waals surface area contributed by atoms with E-state index >= 15 is 0 Å². The lowest BCUT2D eigenvalue weighted by Gasteiger charge is -2.08. The molecule has 0 spiro atoms. The summed E-state index contributed by atoms with van der Waals surface area (Å²) >= 11 is 1.52. The Bertz CT molecular complexity index is 691. The van der Waals surface area contributed by atoms with Crippen molar-refractivity contribution in [3.05, 3.63) is 45.6 Å². The molecule has 1 aromatic heterocycles. The highest BCUT2D eigenvalue weighted by Crippen LogP contribution is 2.43. The van der Waals surface area contributed by atoms with Crippen LogP contribution < -0.4 is 14.8 Å². The quantitative estimate of drug-likeness (QED) is 0.942. The van der Waals surface area contributed by atoms with Crippen molar-refractivity contribution in [2.45, 2.75) is 25.3 Å². The van der Waals surface area contributed by atoms with E-state index < -0.39 is 0 Å². The molecule has 2 aromatic rings. The molecular weight excluding hydrogens is 286 g/mol. The van der Waals surface area contributed by atoms with Crippen molar-refractivity contribution in [3.8, 4) is 11.5 Å². The zero-order valence-corrected chi connectivity index (χ0v) is 12.2. The highest BCUT2D eigenvalue weighted by molar-refractivity contribution is 7.12. The van der Waals surface area contributed by atoms with Gasteiger partial charge in [0, 0.05) is 12.1 Å². The van der Waals surface area contributed by atoms with Gasteiger partial charge in [0.05, 0.1) is 4.88 Å². The molecule has 21 heavy (non-hydrogen) atoms. The monoisotopic (exact) mass is 301 g/mol. The van der Waals surface area contributed by atoms with E-state index in [4.69, 9.17) is 9.47 Å². The van der Waals surface area contributed by atoms with Gasteiger partial charge >= 0.3 is 0 Å². The number of benzene rings is 1. The van der Waals surface area contributed by atoms with Gasteiger partial charge in [-0.15, -0.1) is 11.3 Å². The maximum Gasteiger partial charge on any atom is 0.261 e. The SMILES string of the molecule is O=C(NCc1cccc2c1OCO2)c1sccc1C1CC1. The minimum absolute atomic E-state index is 0.00317. The molecule has 0 atom stereocenters. The number of nitrogens with one attached hydrogen (secondary N) is 1. The molecule has 0 unspecified atom stereocenters. The highest BCUT2D eigenvalue weighted by Gasteiger charge is 2.29. The van der Waals surface area contributed by atoms with Crippen molar-refractivity contribution in [1.29, 1.82) is 0 Å². The second-order valence-corrected chi connectivity index (χ2v) is 6.23. The third-order valence-electron chi connectivity index (χ3n) is 3.84. The average molecular weight is 301 g/mol. The third kappa shape index (κ3) is 2.38. The van der Waals surface area contributed by atoms with Crippen LogP contribution in [0.4, 0.5) is 0 Å². The summed E-state index contributed by atoms with van der Waals surface area (Å²) in [6.45, 7) is 0.699. The van der Waals surface area contributed by atoms with Gasteiger partial charge in [-0.3, -0.25) is 4.79 Å². The zero-order chi connectivity index (χ0) is 14.2. The van der Waals surface area contributed by atoms with E-state index in [0.717, 1.165) is 21.9 Å². The van der Waals surface area contributed by atoms with Crippen LogP contribution in [0, 0.1) is 0 Å². The first-order valence-electron chi connectivity index (χ1n) is 7.06. The van der Waals surface area contributed by atoms with E-state index in [-0.39, 0.29) is 12.7 Å². The molecule has 4 rings (SSSR count). The van der Waals surface area contributed by atoms with Crippen molar-refractivity contribution in [1.82, 2.24) is 5.32 Å². The molecule has 1 saturated carbocycles. The highest BCUT2D eigenvalue weighted by atomic mass is 32.1. The molecule has 1 fully saturated rings. The Hall–Kier alpha value is -2.01. The molecule has 1 aliphatic heterocycles. The fraction of sp³-hybridized carbons (Fsp3) is 0.312. The van der Waals surface area contributed by atoms with Crippen LogP contribution in [0.3, 0.4) is 0 Å². The van der Waals surface area contributed by atoms with Gasteiger partial charge in [-0.1, -0.05) is 12.1 Å². The van der Waals surface area contributed by atoms with Gasteiger partial charge < -0.3 is 14.8 Å². The molecule has 0 bridgehead atoms. The second-order valence-electron chi connectivity index (χ2n) is 5.31. The zero-order valence-electron chi connectivity index (χ0n) is 11.4. The Kier molecular flexibility index (Phi) is 3.07. The number of ether oxygens (including phenoxy) is 2. The van der Waals surface area contributed by atoms with Gasteiger partial charge in [0.1, 0.15) is 0 Å². The van der Waals surface area contributed by atoms with Crippen molar-refractivity contribution >= 4 is 17.2 Å². The molecule has 1 aromatic carbocycles. The summed E-state index contributed by atoms with van der Waals surface area (Å²) in [6, 6.07) is 7.81. The molecule has 0 radical (unpaired) electrons. The van der Waals surface area contributed by atoms with Crippen molar-refractivity contribution in [2.75, 3.05) is 6.79 Å². The Morgan fingerprint density at radius 2 is 2.19 bits per heavy atom. The number of hydrogen-bond donors (Lipinski definition) is 1. The van der Waals surface area contributed by atoms with Crippen LogP contribution in [0.5, 0.6) is 11.5 Å². The molecule has 2 heterocycles. The molecule has 0 saturated heterocycles. The average Bonchev–Trinajstić information content (AvgIpc) is 3.04. The van der Waals surface area contributed by atoms with Crippen LogP contribution >= 0.6 is 11.3 Å². The normalized spacial score (nSPS) is 16.0. The summed E-state index contributed by atoms with van der Waals surface area (Å²) in [5, 5.41) is 4.99. The van der Waals surface area contributed by atoms with E-state index in [1.165, 1.54) is 29.7 Å². The predicted octanol–water partition coefficient (Wildman–Crippen LogP) is 3.28. The summed E-state index contributed by atoms with van der Waals surface area (Å²) in [6.07, 6.45) is 2.41. The number of fused-ring (bicyclic) bond motifs is 1. The maximum atomic E-state index is 12.4. The van der Waals surface area contributed by atoms with Crippen molar-refractivity contribution in [3.63, 3.8) is 0 Å². The molecular formula is C16H15NO3S. The number of carbonyl (C=O) groups excluding carboxylic acids is 1. The summed E-state index contributed by atoms with van der Waals surface area (Å²) < 4.78 is 10.8.